The summed E-state index contributed by atoms with van der Waals surface area (Å²) in [6.07, 6.45) is 2.40. The van der Waals surface area contributed by atoms with Gasteiger partial charge in [0.2, 0.25) is 0 Å². The van der Waals surface area contributed by atoms with Gasteiger partial charge in [0.15, 0.2) is 17.5 Å². The smallest absolute Gasteiger partial charge is 0.277 e. The van der Waals surface area contributed by atoms with Gasteiger partial charge in [-0.05, 0) is 26.3 Å². The van der Waals surface area contributed by atoms with Crippen molar-refractivity contribution in [2.45, 2.75) is 39.0 Å². The summed E-state index contributed by atoms with van der Waals surface area (Å²) < 4.78 is 73.1. The van der Waals surface area contributed by atoms with E-state index in [2.05, 4.69) is 15.1 Å². The van der Waals surface area contributed by atoms with Gasteiger partial charge in [-0.1, -0.05) is 11.6 Å². The minimum Gasteiger partial charge on any atom is -0.485 e. The number of fused-ring (bicyclic) bond motifs is 3. The molecule has 200 valence electrons. The highest BCUT2D eigenvalue weighted by molar-refractivity contribution is 6.31. The molecule has 0 radical (unpaired) electrons. The zero-order valence-electron chi connectivity index (χ0n) is 22.2. The highest BCUT2D eigenvalue weighted by Gasteiger charge is 2.34. The Kier molecular flexibility index (Phi) is 6.22. The van der Waals surface area contributed by atoms with E-state index in [0.717, 1.165) is 4.57 Å². The van der Waals surface area contributed by atoms with Gasteiger partial charge in [-0.2, -0.15) is 5.10 Å². The van der Waals surface area contributed by atoms with E-state index in [1.54, 1.807) is 0 Å². The van der Waals surface area contributed by atoms with E-state index in [1.165, 1.54) is 36.9 Å². The first-order valence-corrected chi connectivity index (χ1v) is 11.9. The average Bonchev–Trinajstić information content (AvgIpc) is 3.35. The number of pyridine rings is 2. The third kappa shape index (κ3) is 4.86. The van der Waals surface area contributed by atoms with Crippen molar-refractivity contribution in [1.82, 2.24) is 19.3 Å². The van der Waals surface area contributed by atoms with Crippen LogP contribution in [0.3, 0.4) is 0 Å². The molecule has 0 saturated carbocycles. The highest BCUT2D eigenvalue weighted by Crippen LogP contribution is 2.35. The van der Waals surface area contributed by atoms with Gasteiger partial charge in [0.25, 0.3) is 5.56 Å². The van der Waals surface area contributed by atoms with Crippen LogP contribution in [0, 0.1) is 17.6 Å². The second kappa shape index (κ2) is 10.0. The van der Waals surface area contributed by atoms with Crippen LogP contribution < -0.4 is 10.3 Å². The predicted molar refractivity (Wildman–Crippen MR) is 131 cm³/mol. The van der Waals surface area contributed by atoms with Crippen molar-refractivity contribution in [3.8, 4) is 5.75 Å². The van der Waals surface area contributed by atoms with Gasteiger partial charge in [-0.15, -0.1) is 0 Å². The number of hydrogen-bond acceptors (Lipinski definition) is 7. The average molecular weight is 552 g/mol. The summed E-state index contributed by atoms with van der Waals surface area (Å²) in [5.41, 5.74) is -2.74. The second-order valence-electron chi connectivity index (χ2n) is 9.25. The molecule has 13 heteroatoms. The summed E-state index contributed by atoms with van der Waals surface area (Å²) >= 11 is 6.31. The molecule has 1 atom stereocenters. The summed E-state index contributed by atoms with van der Waals surface area (Å²) in [5, 5.41) is 13.9. The van der Waals surface area contributed by atoms with Crippen LogP contribution in [0.25, 0.3) is 5.70 Å². The van der Waals surface area contributed by atoms with Crippen LogP contribution in [0.15, 0.2) is 46.2 Å². The van der Waals surface area contributed by atoms with Gasteiger partial charge in [-0.3, -0.25) is 19.3 Å². The first-order valence-electron chi connectivity index (χ1n) is 12.5. The van der Waals surface area contributed by atoms with E-state index in [9.17, 15) is 18.7 Å². The lowest BCUT2D eigenvalue weighted by molar-refractivity contribution is 0.0735. The topological polar surface area (TPSA) is 104 Å². The van der Waals surface area contributed by atoms with Crippen molar-refractivity contribution >= 4 is 23.1 Å². The van der Waals surface area contributed by atoms with E-state index in [-0.39, 0.29) is 42.7 Å². The molecular formula is C25H23ClF3N5O4. The van der Waals surface area contributed by atoms with Gasteiger partial charge < -0.3 is 14.6 Å². The van der Waals surface area contributed by atoms with Crippen LogP contribution in [-0.4, -0.2) is 43.4 Å². The van der Waals surface area contributed by atoms with Crippen molar-refractivity contribution in [3.63, 3.8) is 0 Å². The molecule has 2 aliphatic heterocycles. The number of dihydropyridines is 1. The third-order valence-electron chi connectivity index (χ3n) is 6.06. The Morgan fingerprint density at radius 2 is 2.13 bits per heavy atom. The quantitative estimate of drug-likeness (QED) is 0.529. The van der Waals surface area contributed by atoms with E-state index in [4.69, 9.17) is 23.8 Å². The molecule has 3 aromatic rings. The maximum Gasteiger partial charge on any atom is 0.277 e. The molecule has 5 rings (SSSR count). The fourth-order valence-corrected chi connectivity index (χ4v) is 4.33. The Bertz CT molecular complexity index is 1620. The number of aromatic nitrogens is 4. The lowest BCUT2D eigenvalue weighted by Crippen LogP contribution is -2.35. The molecule has 9 nitrogen and oxygen atoms in total. The number of hydrogen-bond donors (Lipinski definition) is 1. The maximum absolute atomic E-state index is 16.2. The minimum absolute atomic E-state index is 0.0312. The molecule has 0 saturated heterocycles. The molecule has 0 aliphatic carbocycles. The van der Waals surface area contributed by atoms with Crippen molar-refractivity contribution in [1.29, 1.82) is 0 Å². The van der Waals surface area contributed by atoms with Crippen LogP contribution in [0.1, 0.15) is 40.1 Å². The molecule has 3 aromatic heterocycles. The Balaban J connectivity index is 1.60. The molecule has 0 unspecified atom stereocenters. The Morgan fingerprint density at radius 3 is 2.84 bits per heavy atom. The molecule has 1 N–H and O–H groups in total. The van der Waals surface area contributed by atoms with E-state index >= 15 is 4.39 Å². The second-order valence-corrected chi connectivity index (χ2v) is 9.63. The molecule has 0 spiro atoms. The summed E-state index contributed by atoms with van der Waals surface area (Å²) in [4.78, 5) is 21.3. The van der Waals surface area contributed by atoms with E-state index < -0.39 is 57.6 Å². The largest absolute Gasteiger partial charge is 0.485 e. The first-order chi connectivity index (χ1) is 18.8. The fourth-order valence-electron chi connectivity index (χ4n) is 4.15. The number of nitrogens with zero attached hydrogens (tertiary/aromatic N) is 5. The summed E-state index contributed by atoms with van der Waals surface area (Å²) in [6, 6.07) is 3.15. The minimum atomic E-state index is -2.95. The summed E-state index contributed by atoms with van der Waals surface area (Å²) in [6.45, 7) is 0.222. The van der Waals surface area contributed by atoms with Crippen molar-refractivity contribution in [2.24, 2.45) is 10.9 Å². The molecule has 0 aromatic carbocycles. The number of allylic oxidation sites excluding steroid dienone is 1. The van der Waals surface area contributed by atoms with Crippen molar-refractivity contribution in [3.05, 3.63) is 80.5 Å². The molecule has 2 aliphatic rings. The van der Waals surface area contributed by atoms with E-state index in [1.807, 2.05) is 0 Å². The van der Waals surface area contributed by atoms with Crippen molar-refractivity contribution in [2.75, 3.05) is 13.2 Å². The standard InChI is InChI=1S/C25H23ClF3N5O4/c1-25(2,36)19-3-5-33(32-19)23-21(29)22-13(9-31-23)4-6-37-11-15-8-18(20(26)24(35)34(15)22)38-12-17-16(28)7-14(27)10-30-17/h3,5,7-8,10,13,36H,4,6,9,11-12H2,1-2H3/t13-/m0/s1/i12D2. The van der Waals surface area contributed by atoms with Gasteiger partial charge in [0.1, 0.15) is 34.4 Å². The molecule has 38 heavy (non-hydrogen) atoms. The first kappa shape index (κ1) is 23.6. The third-order valence-corrected chi connectivity index (χ3v) is 6.41. The van der Waals surface area contributed by atoms with Gasteiger partial charge in [0, 0.05) is 37.4 Å². The lowest BCUT2D eigenvalue weighted by Gasteiger charge is -2.30. The number of aliphatic imine (C=N–C) groups is 1. The Hall–Kier alpha value is -3.48. The number of rotatable bonds is 4. The molecule has 5 heterocycles. The van der Waals surface area contributed by atoms with Crippen LogP contribution in [0.2, 0.25) is 5.02 Å². The SMILES string of the molecule is [2H]C([2H])(Oc1cc2n(c(=O)c1Cl)C1=C(F)C(n3ccc(C(C)(C)O)n3)=NC[C@@H]1CCOC2)c1ncc(F)cc1F. The molecular weight excluding hydrogens is 527 g/mol. The Morgan fingerprint density at radius 1 is 1.34 bits per heavy atom. The van der Waals surface area contributed by atoms with Gasteiger partial charge in [-0.25, -0.2) is 17.9 Å². The summed E-state index contributed by atoms with van der Waals surface area (Å²) in [5.74, 6) is -4.38. The Labute approximate surface area is 222 Å². The normalized spacial score (nSPS) is 19.0. The van der Waals surface area contributed by atoms with Crippen LogP contribution in [0.4, 0.5) is 13.2 Å². The number of aliphatic hydroxyl groups is 1. The van der Waals surface area contributed by atoms with Gasteiger partial charge in [0.05, 0.1) is 32.6 Å². The lowest BCUT2D eigenvalue weighted by atomic mass is 9.97. The number of ether oxygens (including phenoxy) is 2. The van der Waals surface area contributed by atoms with Crippen LogP contribution in [0.5, 0.6) is 5.75 Å². The fraction of sp³-hybridized carbons (Fsp3) is 0.360. The molecule has 0 amide bonds. The molecule has 0 fully saturated rings. The maximum atomic E-state index is 16.2. The zero-order valence-corrected chi connectivity index (χ0v) is 21.0. The van der Waals surface area contributed by atoms with Crippen LogP contribution in [-0.2, 0) is 23.5 Å². The summed E-state index contributed by atoms with van der Waals surface area (Å²) in [7, 11) is 0. The van der Waals surface area contributed by atoms with Crippen molar-refractivity contribution < 1.29 is 30.5 Å². The van der Waals surface area contributed by atoms with Crippen LogP contribution >= 0.6 is 11.6 Å². The zero-order chi connectivity index (χ0) is 29.0. The monoisotopic (exact) mass is 551 g/mol. The highest BCUT2D eigenvalue weighted by atomic mass is 35.5. The van der Waals surface area contributed by atoms with Gasteiger partial charge >= 0.3 is 0 Å². The predicted octanol–water partition coefficient (Wildman–Crippen LogP) is 3.81. The number of halogens is 4. The van der Waals surface area contributed by atoms with E-state index in [0.29, 0.717) is 18.7 Å². The molecule has 0 bridgehead atoms.